The van der Waals surface area contributed by atoms with Crippen LogP contribution in [0.15, 0.2) is 12.2 Å². The van der Waals surface area contributed by atoms with E-state index in [1.165, 1.54) is 32.1 Å². The summed E-state index contributed by atoms with van der Waals surface area (Å²) >= 11 is 0. The molecule has 1 rings (SSSR count). The van der Waals surface area contributed by atoms with E-state index < -0.39 is 5.60 Å². The van der Waals surface area contributed by atoms with Crippen LogP contribution in [0.25, 0.3) is 0 Å². The third kappa shape index (κ3) is 9.11. The first-order valence-electron chi connectivity index (χ1n) is 8.92. The molecule has 0 heterocycles. The third-order valence-electron chi connectivity index (χ3n) is 3.99. The Balaban J connectivity index is 2.56. The minimum Gasteiger partial charge on any atom is -0.444 e. The number of carbonyl (C=O) groups excluding carboxylic acids is 1. The van der Waals surface area contributed by atoms with E-state index >= 15 is 0 Å². The van der Waals surface area contributed by atoms with Crippen LogP contribution in [0.4, 0.5) is 4.79 Å². The lowest BCUT2D eigenvalue weighted by Crippen LogP contribution is -2.39. The second-order valence-electron chi connectivity index (χ2n) is 8.05. The average Bonchev–Trinajstić information content (AvgIpc) is 2.36. The Kier molecular flexibility index (Phi) is 7.98. The van der Waals surface area contributed by atoms with Crippen molar-refractivity contribution in [1.29, 1.82) is 0 Å². The Morgan fingerprint density at radius 2 is 1.86 bits per heavy atom. The van der Waals surface area contributed by atoms with Crippen LogP contribution in [-0.4, -0.2) is 17.7 Å². The fraction of sp³-hybridized carbons (Fsp3) is 0.842. The van der Waals surface area contributed by atoms with Gasteiger partial charge in [-0.2, -0.15) is 0 Å². The summed E-state index contributed by atoms with van der Waals surface area (Å²) in [6.45, 7) is 10.1. The lowest BCUT2D eigenvalue weighted by Gasteiger charge is -2.27. The normalized spacial score (nSPS) is 18.6. The van der Waals surface area contributed by atoms with E-state index in [1.807, 2.05) is 20.8 Å². The summed E-state index contributed by atoms with van der Waals surface area (Å²) in [5.41, 5.74) is -0.443. The summed E-state index contributed by atoms with van der Waals surface area (Å²) in [5, 5.41) is 3.05. The predicted molar refractivity (Wildman–Crippen MR) is 92.9 cm³/mol. The Morgan fingerprint density at radius 3 is 2.41 bits per heavy atom. The number of hydrogen-bond donors (Lipinski definition) is 1. The van der Waals surface area contributed by atoms with Crippen molar-refractivity contribution in [1.82, 2.24) is 5.32 Å². The van der Waals surface area contributed by atoms with Gasteiger partial charge in [-0.1, -0.05) is 58.1 Å². The minimum absolute atomic E-state index is 0.0942. The highest BCUT2D eigenvalue weighted by molar-refractivity contribution is 5.68. The van der Waals surface area contributed by atoms with Crippen LogP contribution in [0.2, 0.25) is 0 Å². The molecule has 0 bridgehead atoms. The first-order valence-corrected chi connectivity index (χ1v) is 8.92. The molecule has 0 radical (unpaired) electrons. The third-order valence-corrected chi connectivity index (χ3v) is 3.99. The molecule has 1 N–H and O–H groups in total. The Morgan fingerprint density at radius 1 is 1.23 bits per heavy atom. The van der Waals surface area contributed by atoms with Crippen LogP contribution >= 0.6 is 0 Å². The van der Waals surface area contributed by atoms with Crippen molar-refractivity contribution < 1.29 is 9.53 Å². The first-order chi connectivity index (χ1) is 10.3. The molecule has 1 atom stereocenters. The summed E-state index contributed by atoms with van der Waals surface area (Å²) in [6.07, 6.45) is 12.8. The lowest BCUT2D eigenvalue weighted by molar-refractivity contribution is 0.0507. The first kappa shape index (κ1) is 19.1. The van der Waals surface area contributed by atoms with Crippen molar-refractivity contribution in [2.24, 2.45) is 11.8 Å². The molecule has 1 aliphatic rings. The SMILES string of the molecule is CC(C)CC=C[C@H](CC1CCCCC1)NC(=O)OC(C)(C)C. The molecule has 1 saturated carbocycles. The van der Waals surface area contributed by atoms with Gasteiger partial charge in [0.15, 0.2) is 0 Å². The molecule has 128 valence electrons. The number of hydrogen-bond acceptors (Lipinski definition) is 2. The van der Waals surface area contributed by atoms with Gasteiger partial charge in [-0.05, 0) is 45.4 Å². The quantitative estimate of drug-likeness (QED) is 0.662. The van der Waals surface area contributed by atoms with Gasteiger partial charge in [0, 0.05) is 0 Å². The number of rotatable bonds is 6. The molecule has 0 spiro atoms. The van der Waals surface area contributed by atoms with Crippen LogP contribution in [-0.2, 0) is 4.74 Å². The number of nitrogens with one attached hydrogen (secondary N) is 1. The Bertz CT molecular complexity index is 349. The Hall–Kier alpha value is -0.990. The van der Waals surface area contributed by atoms with E-state index in [9.17, 15) is 4.79 Å². The molecule has 22 heavy (non-hydrogen) atoms. The molecule has 1 aliphatic carbocycles. The maximum atomic E-state index is 12.0. The summed E-state index contributed by atoms with van der Waals surface area (Å²) in [4.78, 5) is 12.0. The highest BCUT2D eigenvalue weighted by Crippen LogP contribution is 2.27. The standard InChI is InChI=1S/C19H35NO2/c1-15(2)10-9-13-17(14-16-11-7-6-8-12-16)20-18(21)22-19(3,4)5/h9,13,15-17H,6-8,10-12,14H2,1-5H3,(H,20,21)/t17-/m1/s1. The summed E-state index contributed by atoms with van der Waals surface area (Å²) in [6, 6.07) is 0.0942. The van der Waals surface area contributed by atoms with Crippen LogP contribution < -0.4 is 5.32 Å². The second kappa shape index (κ2) is 9.22. The summed E-state index contributed by atoms with van der Waals surface area (Å²) < 4.78 is 5.40. The van der Waals surface area contributed by atoms with Gasteiger partial charge in [-0.3, -0.25) is 0 Å². The number of carbonyl (C=O) groups is 1. The van der Waals surface area contributed by atoms with Crippen LogP contribution in [0.3, 0.4) is 0 Å². The molecule has 3 heteroatoms. The predicted octanol–water partition coefficient (Wildman–Crippen LogP) is 5.45. The van der Waals surface area contributed by atoms with Crippen molar-refractivity contribution in [2.45, 2.75) is 91.2 Å². The van der Waals surface area contributed by atoms with Crippen molar-refractivity contribution in [2.75, 3.05) is 0 Å². The molecule has 0 unspecified atom stereocenters. The topological polar surface area (TPSA) is 38.3 Å². The van der Waals surface area contributed by atoms with E-state index in [-0.39, 0.29) is 12.1 Å². The number of amides is 1. The smallest absolute Gasteiger partial charge is 0.408 e. The zero-order chi connectivity index (χ0) is 16.6. The monoisotopic (exact) mass is 309 g/mol. The van der Waals surface area contributed by atoms with Gasteiger partial charge in [0.25, 0.3) is 0 Å². The van der Waals surface area contributed by atoms with E-state index in [1.54, 1.807) is 0 Å². The summed E-state index contributed by atoms with van der Waals surface area (Å²) in [7, 11) is 0. The van der Waals surface area contributed by atoms with E-state index in [0.717, 1.165) is 18.8 Å². The van der Waals surface area contributed by atoms with E-state index in [4.69, 9.17) is 4.74 Å². The molecule has 0 aromatic heterocycles. The van der Waals surface area contributed by atoms with E-state index in [2.05, 4.69) is 31.3 Å². The average molecular weight is 309 g/mol. The van der Waals surface area contributed by atoms with Crippen molar-refractivity contribution >= 4 is 6.09 Å². The molecular formula is C19H35NO2. The maximum absolute atomic E-state index is 12.0. The van der Waals surface area contributed by atoms with Gasteiger partial charge in [0.2, 0.25) is 0 Å². The van der Waals surface area contributed by atoms with Crippen molar-refractivity contribution in [3.63, 3.8) is 0 Å². The lowest BCUT2D eigenvalue weighted by atomic mass is 9.84. The van der Waals surface area contributed by atoms with Gasteiger partial charge in [0.1, 0.15) is 5.60 Å². The van der Waals surface area contributed by atoms with Crippen molar-refractivity contribution in [3.8, 4) is 0 Å². The highest BCUT2D eigenvalue weighted by Gasteiger charge is 2.21. The van der Waals surface area contributed by atoms with Gasteiger partial charge in [-0.15, -0.1) is 0 Å². The zero-order valence-electron chi connectivity index (χ0n) is 15.2. The molecule has 1 fully saturated rings. The summed E-state index contributed by atoms with van der Waals surface area (Å²) in [5.74, 6) is 1.38. The van der Waals surface area contributed by atoms with Crippen molar-refractivity contribution in [3.05, 3.63) is 12.2 Å². The molecule has 0 saturated heterocycles. The van der Waals surface area contributed by atoms with Gasteiger partial charge in [0.05, 0.1) is 6.04 Å². The van der Waals surface area contributed by atoms with E-state index in [0.29, 0.717) is 5.92 Å². The molecule has 0 aliphatic heterocycles. The molecule has 0 aromatic rings. The number of allylic oxidation sites excluding steroid dienone is 1. The minimum atomic E-state index is -0.443. The van der Waals surface area contributed by atoms with Crippen LogP contribution in [0, 0.1) is 11.8 Å². The fourth-order valence-electron chi connectivity index (χ4n) is 2.94. The van der Waals surface area contributed by atoms with Gasteiger partial charge in [-0.25, -0.2) is 4.79 Å². The van der Waals surface area contributed by atoms with Crippen LogP contribution in [0.1, 0.15) is 79.6 Å². The Labute approximate surface area is 136 Å². The molecular weight excluding hydrogens is 274 g/mol. The molecule has 0 aromatic carbocycles. The number of alkyl carbamates (subject to hydrolysis) is 1. The van der Waals surface area contributed by atoms with Gasteiger partial charge < -0.3 is 10.1 Å². The maximum Gasteiger partial charge on any atom is 0.408 e. The fourth-order valence-corrected chi connectivity index (χ4v) is 2.94. The number of ether oxygens (including phenoxy) is 1. The molecule has 3 nitrogen and oxygen atoms in total. The second-order valence-corrected chi connectivity index (χ2v) is 8.05. The van der Waals surface area contributed by atoms with Gasteiger partial charge >= 0.3 is 6.09 Å². The molecule has 1 amide bonds. The zero-order valence-corrected chi connectivity index (χ0v) is 15.2. The van der Waals surface area contributed by atoms with Crippen LogP contribution in [0.5, 0.6) is 0 Å². The highest BCUT2D eigenvalue weighted by atomic mass is 16.6. The largest absolute Gasteiger partial charge is 0.444 e.